The number of anilines is 1. The summed E-state index contributed by atoms with van der Waals surface area (Å²) < 4.78 is 17.4. The number of thiophene rings is 1. The summed E-state index contributed by atoms with van der Waals surface area (Å²) in [5.74, 6) is -0.526. The highest BCUT2D eigenvalue weighted by Gasteiger charge is 2.37. The zero-order valence-electron chi connectivity index (χ0n) is 25.9. The quantitative estimate of drug-likeness (QED) is 0.117. The Morgan fingerprint density at radius 3 is 2.57 bits per heavy atom. The Kier molecular flexibility index (Phi) is 11.0. The standard InChI is InChI=1S/C35H36N2O7S2/c1-4-12-24-17-23(18-26(42-5-2)31(24)44-21-22-13-8-7-9-14-22)19-28-33(39)37(35(41)46-28)20-29(38)36-32-30(34(40)43-6-3)25-15-10-11-16-27(25)45-32/h4,7-9,13-14,17-19H,1,5-6,10-12,15-16,20-21H2,2-3H3,(H,36,38)/b28-19+. The second kappa shape index (κ2) is 15.3. The van der Waals surface area contributed by atoms with Crippen molar-refractivity contribution in [1.29, 1.82) is 0 Å². The van der Waals surface area contributed by atoms with Crippen LogP contribution >= 0.6 is 23.1 Å². The highest BCUT2D eigenvalue weighted by Crippen LogP contribution is 2.40. The largest absolute Gasteiger partial charge is 0.490 e. The van der Waals surface area contributed by atoms with Crippen LogP contribution in [-0.4, -0.2) is 47.7 Å². The fraction of sp³-hybridized carbons (Fsp3) is 0.314. The van der Waals surface area contributed by atoms with E-state index in [4.69, 9.17) is 14.2 Å². The number of fused-ring (bicyclic) bond motifs is 1. The van der Waals surface area contributed by atoms with E-state index >= 15 is 0 Å². The number of carbonyl (C=O) groups excluding carboxylic acids is 4. The molecule has 240 valence electrons. The predicted molar refractivity (Wildman–Crippen MR) is 181 cm³/mol. The number of nitrogens with one attached hydrogen (secondary N) is 1. The second-order valence-corrected chi connectivity index (χ2v) is 12.8. The molecule has 1 aromatic heterocycles. The van der Waals surface area contributed by atoms with Gasteiger partial charge in [0.25, 0.3) is 11.1 Å². The third-order valence-electron chi connectivity index (χ3n) is 7.42. The van der Waals surface area contributed by atoms with E-state index in [-0.39, 0.29) is 11.5 Å². The summed E-state index contributed by atoms with van der Waals surface area (Å²) in [5.41, 5.74) is 3.76. The molecule has 46 heavy (non-hydrogen) atoms. The van der Waals surface area contributed by atoms with E-state index in [9.17, 15) is 19.2 Å². The van der Waals surface area contributed by atoms with Crippen molar-refractivity contribution in [2.75, 3.05) is 25.1 Å². The second-order valence-electron chi connectivity index (χ2n) is 10.7. The number of hydrogen-bond donors (Lipinski definition) is 1. The van der Waals surface area contributed by atoms with Crippen LogP contribution in [-0.2, 0) is 40.2 Å². The minimum absolute atomic E-state index is 0.182. The fourth-order valence-corrected chi connectivity index (χ4v) is 7.53. The smallest absolute Gasteiger partial charge is 0.341 e. The highest BCUT2D eigenvalue weighted by atomic mass is 32.2. The van der Waals surface area contributed by atoms with E-state index in [1.165, 1.54) is 11.3 Å². The zero-order valence-corrected chi connectivity index (χ0v) is 27.5. The molecule has 0 unspecified atom stereocenters. The molecular formula is C35H36N2O7S2. The lowest BCUT2D eigenvalue weighted by Gasteiger charge is -2.17. The van der Waals surface area contributed by atoms with Crippen molar-refractivity contribution in [2.45, 2.75) is 52.6 Å². The van der Waals surface area contributed by atoms with Crippen molar-refractivity contribution in [2.24, 2.45) is 0 Å². The summed E-state index contributed by atoms with van der Waals surface area (Å²) in [6.45, 7) is 7.95. The molecular weight excluding hydrogens is 625 g/mol. The molecule has 1 fully saturated rings. The van der Waals surface area contributed by atoms with Gasteiger partial charge >= 0.3 is 5.97 Å². The molecule has 0 radical (unpaired) electrons. The first-order valence-corrected chi connectivity index (χ1v) is 16.9. The molecule has 3 aromatic rings. The van der Waals surface area contributed by atoms with Gasteiger partial charge in [0.15, 0.2) is 11.5 Å². The van der Waals surface area contributed by atoms with Crippen molar-refractivity contribution < 1.29 is 33.4 Å². The van der Waals surface area contributed by atoms with Crippen LogP contribution in [0.1, 0.15) is 64.2 Å². The van der Waals surface area contributed by atoms with Crippen LogP contribution < -0.4 is 14.8 Å². The SMILES string of the molecule is C=CCc1cc(/C=C2/SC(=O)N(CC(=O)Nc3sc4c(c3C(=O)OCC)CCCC4)C2=O)cc(OCC)c1OCc1ccccc1. The van der Waals surface area contributed by atoms with Crippen molar-refractivity contribution in [3.63, 3.8) is 0 Å². The van der Waals surface area contributed by atoms with Gasteiger partial charge in [0.2, 0.25) is 5.91 Å². The fourth-order valence-electron chi connectivity index (χ4n) is 5.40. The normalized spacial score (nSPS) is 15.1. The predicted octanol–water partition coefficient (Wildman–Crippen LogP) is 7.18. The zero-order chi connectivity index (χ0) is 32.6. The maximum atomic E-state index is 13.4. The number of aryl methyl sites for hydroxylation is 1. The summed E-state index contributed by atoms with van der Waals surface area (Å²) in [5, 5.41) is 2.62. The first kappa shape index (κ1) is 33.0. The molecule has 5 rings (SSSR count). The van der Waals surface area contributed by atoms with Crippen molar-refractivity contribution in [3.8, 4) is 11.5 Å². The number of rotatable bonds is 13. The van der Waals surface area contributed by atoms with Crippen molar-refractivity contribution in [1.82, 2.24) is 4.90 Å². The number of nitrogens with zero attached hydrogens (tertiary/aromatic N) is 1. The summed E-state index contributed by atoms with van der Waals surface area (Å²) in [4.78, 5) is 54.4. The van der Waals surface area contributed by atoms with Crippen LogP contribution in [0.3, 0.4) is 0 Å². The van der Waals surface area contributed by atoms with Crippen LogP contribution in [0.15, 0.2) is 60.0 Å². The minimum Gasteiger partial charge on any atom is -0.490 e. The van der Waals surface area contributed by atoms with Gasteiger partial charge in [-0.3, -0.25) is 19.3 Å². The number of carbonyl (C=O) groups is 4. The van der Waals surface area contributed by atoms with E-state index in [2.05, 4.69) is 11.9 Å². The van der Waals surface area contributed by atoms with Crippen LogP contribution in [0.25, 0.3) is 6.08 Å². The first-order valence-electron chi connectivity index (χ1n) is 15.3. The van der Waals surface area contributed by atoms with E-state index in [0.29, 0.717) is 47.3 Å². The summed E-state index contributed by atoms with van der Waals surface area (Å²) in [6, 6.07) is 13.4. The number of ether oxygens (including phenoxy) is 3. The molecule has 1 aliphatic heterocycles. The number of amides is 3. The molecule has 9 nitrogen and oxygen atoms in total. The van der Waals surface area contributed by atoms with E-state index in [0.717, 1.165) is 63.9 Å². The Balaban J connectivity index is 1.34. The molecule has 2 aliphatic rings. The molecule has 0 bridgehead atoms. The lowest BCUT2D eigenvalue weighted by Crippen LogP contribution is -2.36. The lowest BCUT2D eigenvalue weighted by molar-refractivity contribution is -0.127. The van der Waals surface area contributed by atoms with Crippen LogP contribution in [0.2, 0.25) is 0 Å². The van der Waals surface area contributed by atoms with E-state index in [1.807, 2.05) is 43.3 Å². The van der Waals surface area contributed by atoms with Gasteiger partial charge in [-0.1, -0.05) is 36.4 Å². The third-order valence-corrected chi connectivity index (χ3v) is 9.54. The number of thioether (sulfide) groups is 1. The van der Waals surface area contributed by atoms with Gasteiger partial charge in [-0.05, 0) is 92.6 Å². The van der Waals surface area contributed by atoms with Gasteiger partial charge in [0, 0.05) is 10.4 Å². The third kappa shape index (κ3) is 7.54. The molecule has 3 amide bonds. The Morgan fingerprint density at radius 2 is 1.83 bits per heavy atom. The molecule has 0 spiro atoms. The summed E-state index contributed by atoms with van der Waals surface area (Å²) in [6.07, 6.45) is 7.40. The Bertz CT molecular complexity index is 1680. The van der Waals surface area contributed by atoms with E-state index in [1.54, 1.807) is 25.1 Å². The molecule has 1 aliphatic carbocycles. The Morgan fingerprint density at radius 1 is 1.04 bits per heavy atom. The van der Waals surface area contributed by atoms with Crippen LogP contribution in [0.5, 0.6) is 11.5 Å². The molecule has 2 aromatic carbocycles. The molecule has 2 heterocycles. The lowest BCUT2D eigenvalue weighted by atomic mass is 9.95. The number of benzene rings is 2. The Hall–Kier alpha value is -4.35. The van der Waals surface area contributed by atoms with Crippen molar-refractivity contribution >= 4 is 57.2 Å². The highest BCUT2D eigenvalue weighted by molar-refractivity contribution is 8.18. The number of hydrogen-bond acceptors (Lipinski definition) is 9. The van der Waals surface area contributed by atoms with Crippen molar-refractivity contribution in [3.05, 3.63) is 92.7 Å². The average Bonchev–Trinajstić information content (AvgIpc) is 3.53. The molecule has 11 heteroatoms. The summed E-state index contributed by atoms with van der Waals surface area (Å²) in [7, 11) is 0. The maximum Gasteiger partial charge on any atom is 0.341 e. The molecule has 1 N–H and O–H groups in total. The summed E-state index contributed by atoms with van der Waals surface area (Å²) >= 11 is 2.12. The van der Waals surface area contributed by atoms with Gasteiger partial charge in [-0.25, -0.2) is 4.79 Å². The first-order chi connectivity index (χ1) is 22.3. The van der Waals surface area contributed by atoms with E-state index < -0.39 is 29.6 Å². The number of imide groups is 1. The monoisotopic (exact) mass is 660 g/mol. The Labute approximate surface area is 276 Å². The van der Waals surface area contributed by atoms with Gasteiger partial charge in [0.1, 0.15) is 18.2 Å². The number of allylic oxidation sites excluding steroid dienone is 1. The average molecular weight is 661 g/mol. The van der Waals surface area contributed by atoms with Gasteiger partial charge in [-0.15, -0.1) is 17.9 Å². The molecule has 0 atom stereocenters. The van der Waals surface area contributed by atoms with Crippen LogP contribution in [0.4, 0.5) is 9.80 Å². The van der Waals surface area contributed by atoms with Gasteiger partial charge < -0.3 is 19.5 Å². The molecule has 0 saturated carbocycles. The van der Waals surface area contributed by atoms with Gasteiger partial charge in [-0.2, -0.15) is 0 Å². The topological polar surface area (TPSA) is 111 Å². The maximum absolute atomic E-state index is 13.4. The number of esters is 1. The van der Waals surface area contributed by atoms with Gasteiger partial charge in [0.05, 0.1) is 23.7 Å². The van der Waals surface area contributed by atoms with Crippen LogP contribution in [0, 0.1) is 0 Å². The molecule has 1 saturated heterocycles. The minimum atomic E-state index is -0.575.